The molecule has 0 saturated heterocycles. The first-order valence-corrected chi connectivity index (χ1v) is 5.59. The molecular formula is C15H12O2. The van der Waals surface area contributed by atoms with E-state index in [1.54, 1.807) is 6.07 Å². The normalized spacial score (nSPS) is 11.2. The Labute approximate surface area is 98.5 Å². The lowest BCUT2D eigenvalue weighted by atomic mass is 10.0. The molecule has 0 aliphatic carbocycles. The first-order valence-electron chi connectivity index (χ1n) is 5.59. The molecule has 0 saturated carbocycles. The number of aryl methyl sites for hydroxylation is 2. The molecule has 0 atom stereocenters. The zero-order valence-corrected chi connectivity index (χ0v) is 9.78. The summed E-state index contributed by atoms with van der Waals surface area (Å²) in [5, 5.41) is 2.62. The van der Waals surface area contributed by atoms with E-state index in [0.29, 0.717) is 11.0 Å². The fourth-order valence-electron chi connectivity index (χ4n) is 2.33. The molecule has 84 valence electrons. The highest BCUT2D eigenvalue weighted by Gasteiger charge is 2.08. The Morgan fingerprint density at radius 1 is 0.941 bits per heavy atom. The molecular weight excluding hydrogens is 212 g/mol. The summed E-state index contributed by atoms with van der Waals surface area (Å²) in [4.78, 5) is 11.9. The van der Waals surface area contributed by atoms with Gasteiger partial charge in [-0.2, -0.15) is 0 Å². The van der Waals surface area contributed by atoms with E-state index in [1.807, 2.05) is 38.1 Å². The zero-order chi connectivity index (χ0) is 12.0. The van der Waals surface area contributed by atoms with Crippen molar-refractivity contribution in [3.8, 4) is 0 Å². The van der Waals surface area contributed by atoms with Gasteiger partial charge in [-0.05, 0) is 42.5 Å². The topological polar surface area (TPSA) is 30.2 Å². The van der Waals surface area contributed by atoms with Gasteiger partial charge in [-0.3, -0.25) is 0 Å². The van der Waals surface area contributed by atoms with Crippen LogP contribution in [0.4, 0.5) is 0 Å². The van der Waals surface area contributed by atoms with E-state index in [-0.39, 0.29) is 5.63 Å². The lowest BCUT2D eigenvalue weighted by Crippen LogP contribution is -2.00. The molecule has 2 nitrogen and oxygen atoms in total. The molecule has 2 heteroatoms. The van der Waals surface area contributed by atoms with Gasteiger partial charge >= 0.3 is 5.63 Å². The van der Waals surface area contributed by atoms with E-state index in [1.165, 1.54) is 5.56 Å². The van der Waals surface area contributed by atoms with Crippen molar-refractivity contribution in [2.75, 3.05) is 0 Å². The summed E-state index contributed by atoms with van der Waals surface area (Å²) in [6.07, 6.45) is 0. The van der Waals surface area contributed by atoms with Gasteiger partial charge in [0.15, 0.2) is 0 Å². The van der Waals surface area contributed by atoms with Crippen molar-refractivity contribution in [1.29, 1.82) is 0 Å². The van der Waals surface area contributed by atoms with Crippen LogP contribution in [0.1, 0.15) is 11.1 Å². The van der Waals surface area contributed by atoms with E-state index in [9.17, 15) is 4.79 Å². The minimum Gasteiger partial charge on any atom is -0.422 e. The average molecular weight is 224 g/mol. The van der Waals surface area contributed by atoms with Crippen molar-refractivity contribution in [2.24, 2.45) is 0 Å². The first kappa shape index (κ1) is 10.1. The summed E-state index contributed by atoms with van der Waals surface area (Å²) in [7, 11) is 0. The second kappa shape index (κ2) is 3.45. The van der Waals surface area contributed by atoms with Gasteiger partial charge in [0.2, 0.25) is 0 Å². The van der Waals surface area contributed by atoms with Gasteiger partial charge in [-0.25, -0.2) is 4.79 Å². The second-order valence-corrected chi connectivity index (χ2v) is 4.39. The smallest absolute Gasteiger partial charge is 0.344 e. The summed E-state index contributed by atoms with van der Waals surface area (Å²) in [6, 6.07) is 11.7. The monoisotopic (exact) mass is 224 g/mol. The maximum absolute atomic E-state index is 11.9. The fraction of sp³-hybridized carbons (Fsp3) is 0.133. The molecule has 0 fully saturated rings. The van der Waals surface area contributed by atoms with Crippen LogP contribution < -0.4 is 5.63 Å². The van der Waals surface area contributed by atoms with Crippen LogP contribution in [0.2, 0.25) is 0 Å². The molecule has 0 amide bonds. The van der Waals surface area contributed by atoms with Crippen molar-refractivity contribution in [3.05, 3.63) is 57.9 Å². The highest BCUT2D eigenvalue weighted by molar-refractivity contribution is 6.05. The predicted molar refractivity (Wildman–Crippen MR) is 69.5 cm³/mol. The van der Waals surface area contributed by atoms with Crippen molar-refractivity contribution in [1.82, 2.24) is 0 Å². The number of fused-ring (bicyclic) bond motifs is 3. The third kappa shape index (κ3) is 1.45. The molecule has 17 heavy (non-hydrogen) atoms. The van der Waals surface area contributed by atoms with E-state index < -0.39 is 0 Å². The minimum absolute atomic E-state index is 0.264. The summed E-state index contributed by atoms with van der Waals surface area (Å²) in [5.74, 6) is 0. The van der Waals surface area contributed by atoms with Gasteiger partial charge in [0, 0.05) is 5.39 Å². The van der Waals surface area contributed by atoms with Gasteiger partial charge in [-0.15, -0.1) is 0 Å². The third-order valence-electron chi connectivity index (χ3n) is 3.05. The Morgan fingerprint density at radius 3 is 2.41 bits per heavy atom. The SMILES string of the molecule is Cc1cc(C)c2oc(=O)c3ccccc3c2c1. The molecule has 1 aromatic heterocycles. The van der Waals surface area contributed by atoms with E-state index in [4.69, 9.17) is 4.42 Å². The van der Waals surface area contributed by atoms with Crippen LogP contribution in [0, 0.1) is 13.8 Å². The second-order valence-electron chi connectivity index (χ2n) is 4.39. The average Bonchev–Trinajstić information content (AvgIpc) is 2.31. The van der Waals surface area contributed by atoms with E-state index >= 15 is 0 Å². The number of benzene rings is 2. The van der Waals surface area contributed by atoms with Crippen molar-refractivity contribution in [2.45, 2.75) is 13.8 Å². The van der Waals surface area contributed by atoms with Crippen LogP contribution in [0.3, 0.4) is 0 Å². The molecule has 0 N–H and O–H groups in total. The van der Waals surface area contributed by atoms with E-state index in [2.05, 4.69) is 6.07 Å². The molecule has 0 aliphatic heterocycles. The number of hydrogen-bond donors (Lipinski definition) is 0. The van der Waals surface area contributed by atoms with Crippen LogP contribution in [0.15, 0.2) is 45.6 Å². The Balaban J connectivity index is 2.68. The highest BCUT2D eigenvalue weighted by Crippen LogP contribution is 2.26. The summed E-state index contributed by atoms with van der Waals surface area (Å²) < 4.78 is 5.41. The van der Waals surface area contributed by atoms with Crippen LogP contribution in [-0.4, -0.2) is 0 Å². The Kier molecular flexibility index (Phi) is 2.05. The number of rotatable bonds is 0. The van der Waals surface area contributed by atoms with Gasteiger partial charge in [0.05, 0.1) is 5.39 Å². The van der Waals surface area contributed by atoms with Crippen LogP contribution >= 0.6 is 0 Å². The summed E-state index contributed by atoms with van der Waals surface area (Å²) in [5.41, 5.74) is 2.61. The lowest BCUT2D eigenvalue weighted by Gasteiger charge is -2.05. The van der Waals surface area contributed by atoms with E-state index in [0.717, 1.165) is 16.3 Å². The maximum Gasteiger partial charge on any atom is 0.344 e. The zero-order valence-electron chi connectivity index (χ0n) is 9.78. The first-order chi connectivity index (χ1) is 8.16. The molecule has 0 spiro atoms. The van der Waals surface area contributed by atoms with Gasteiger partial charge in [-0.1, -0.05) is 24.3 Å². The van der Waals surface area contributed by atoms with Crippen molar-refractivity contribution < 1.29 is 4.42 Å². The Morgan fingerprint density at radius 2 is 1.65 bits per heavy atom. The fourth-order valence-corrected chi connectivity index (χ4v) is 2.33. The minimum atomic E-state index is -0.264. The maximum atomic E-state index is 11.9. The highest BCUT2D eigenvalue weighted by atomic mass is 16.4. The lowest BCUT2D eigenvalue weighted by molar-refractivity contribution is 0.567. The molecule has 3 aromatic rings. The molecule has 0 radical (unpaired) electrons. The number of hydrogen-bond acceptors (Lipinski definition) is 2. The van der Waals surface area contributed by atoms with Crippen LogP contribution in [0.5, 0.6) is 0 Å². The molecule has 0 bridgehead atoms. The Bertz CT molecular complexity index is 782. The summed E-state index contributed by atoms with van der Waals surface area (Å²) >= 11 is 0. The van der Waals surface area contributed by atoms with Crippen molar-refractivity contribution in [3.63, 3.8) is 0 Å². The molecule has 2 aromatic carbocycles. The molecule has 0 aliphatic rings. The molecule has 1 heterocycles. The van der Waals surface area contributed by atoms with Crippen molar-refractivity contribution >= 4 is 21.7 Å². The molecule has 0 unspecified atom stereocenters. The predicted octanol–water partition coefficient (Wildman–Crippen LogP) is 3.56. The van der Waals surface area contributed by atoms with Gasteiger partial charge < -0.3 is 4.42 Å². The largest absolute Gasteiger partial charge is 0.422 e. The Hall–Kier alpha value is -2.09. The quantitative estimate of drug-likeness (QED) is 0.431. The molecule has 3 rings (SSSR count). The van der Waals surface area contributed by atoms with Gasteiger partial charge in [0.25, 0.3) is 0 Å². The van der Waals surface area contributed by atoms with Crippen LogP contribution in [-0.2, 0) is 0 Å². The van der Waals surface area contributed by atoms with Gasteiger partial charge in [0.1, 0.15) is 5.58 Å². The summed E-state index contributed by atoms with van der Waals surface area (Å²) in [6.45, 7) is 4.01. The standard InChI is InChI=1S/C15H12O2/c1-9-7-10(2)14-13(8-9)11-5-3-4-6-12(11)15(16)17-14/h3-8H,1-2H3. The third-order valence-corrected chi connectivity index (χ3v) is 3.05. The van der Waals surface area contributed by atoms with Crippen LogP contribution in [0.25, 0.3) is 21.7 Å².